The van der Waals surface area contributed by atoms with Gasteiger partial charge in [0.2, 0.25) is 20.0 Å². The minimum atomic E-state index is -3.80. The second-order valence-corrected chi connectivity index (χ2v) is 9.88. The highest BCUT2D eigenvalue weighted by Gasteiger charge is 2.34. The fourth-order valence-electron chi connectivity index (χ4n) is 2.93. The quantitative estimate of drug-likeness (QED) is 0.788. The number of sulfonamides is 2. The number of piperazine rings is 1. The van der Waals surface area contributed by atoms with Crippen LogP contribution >= 0.6 is 0 Å². The first kappa shape index (κ1) is 19.0. The molecule has 0 unspecified atom stereocenters. The van der Waals surface area contributed by atoms with Gasteiger partial charge in [0, 0.05) is 26.2 Å². The van der Waals surface area contributed by atoms with Gasteiger partial charge in [-0.2, -0.15) is 8.61 Å². The van der Waals surface area contributed by atoms with Gasteiger partial charge in [0.15, 0.2) is 0 Å². The Kier molecular flexibility index (Phi) is 5.16. The van der Waals surface area contributed by atoms with Gasteiger partial charge in [-0.05, 0) is 42.8 Å². The number of halogens is 1. The molecule has 9 heteroatoms. The lowest BCUT2D eigenvalue weighted by Crippen LogP contribution is -2.50. The topological polar surface area (TPSA) is 74.8 Å². The van der Waals surface area contributed by atoms with Crippen LogP contribution in [0.5, 0.6) is 0 Å². The molecular weight excluding hydrogens is 379 g/mol. The lowest BCUT2D eigenvalue weighted by atomic mass is 10.2. The van der Waals surface area contributed by atoms with Crippen LogP contribution in [0, 0.1) is 12.7 Å². The van der Waals surface area contributed by atoms with Crippen LogP contribution in [0.1, 0.15) is 5.56 Å². The first-order valence-electron chi connectivity index (χ1n) is 8.04. The summed E-state index contributed by atoms with van der Waals surface area (Å²) < 4.78 is 66.6. The van der Waals surface area contributed by atoms with Gasteiger partial charge < -0.3 is 0 Å². The van der Waals surface area contributed by atoms with Crippen molar-refractivity contribution in [1.29, 1.82) is 0 Å². The van der Waals surface area contributed by atoms with Gasteiger partial charge >= 0.3 is 0 Å². The van der Waals surface area contributed by atoms with Crippen molar-refractivity contribution in [3.63, 3.8) is 0 Å². The number of aryl methyl sites for hydroxylation is 1. The predicted molar refractivity (Wildman–Crippen MR) is 95.1 cm³/mol. The summed E-state index contributed by atoms with van der Waals surface area (Å²) in [4.78, 5) is 0.226. The van der Waals surface area contributed by atoms with Gasteiger partial charge in [-0.25, -0.2) is 21.2 Å². The van der Waals surface area contributed by atoms with E-state index in [1.54, 1.807) is 18.2 Å². The average molecular weight is 398 g/mol. The maximum absolute atomic E-state index is 13.2. The lowest BCUT2D eigenvalue weighted by Gasteiger charge is -2.33. The van der Waals surface area contributed by atoms with Crippen LogP contribution in [0.15, 0.2) is 58.3 Å². The van der Waals surface area contributed by atoms with E-state index in [1.165, 1.54) is 39.8 Å². The molecule has 1 saturated heterocycles. The van der Waals surface area contributed by atoms with E-state index < -0.39 is 25.9 Å². The summed E-state index contributed by atoms with van der Waals surface area (Å²) in [6.07, 6.45) is 0. The standard InChI is InChI=1S/C17H19FN2O4S2/c1-14-13-15(18)7-8-17(14)26(23,24)20-11-9-19(10-12-20)25(21,22)16-5-3-2-4-6-16/h2-8,13H,9-12H2,1H3. The number of rotatable bonds is 4. The normalized spacial score (nSPS) is 17.3. The highest BCUT2D eigenvalue weighted by atomic mass is 32.2. The Balaban J connectivity index is 1.78. The zero-order valence-electron chi connectivity index (χ0n) is 14.2. The molecule has 26 heavy (non-hydrogen) atoms. The van der Waals surface area contributed by atoms with Gasteiger partial charge in [-0.1, -0.05) is 18.2 Å². The molecule has 0 saturated carbocycles. The minimum absolute atomic E-state index is 0.0401. The summed E-state index contributed by atoms with van der Waals surface area (Å²) in [5.41, 5.74) is 0.323. The van der Waals surface area contributed by atoms with Crippen molar-refractivity contribution < 1.29 is 21.2 Å². The molecule has 2 aromatic carbocycles. The van der Waals surface area contributed by atoms with Crippen molar-refractivity contribution in [2.24, 2.45) is 0 Å². The van der Waals surface area contributed by atoms with Crippen LogP contribution in [0.4, 0.5) is 4.39 Å². The Morgan fingerprint density at radius 3 is 1.88 bits per heavy atom. The highest BCUT2D eigenvalue weighted by Crippen LogP contribution is 2.24. The Morgan fingerprint density at radius 2 is 1.35 bits per heavy atom. The maximum atomic E-state index is 13.2. The van der Waals surface area contributed by atoms with E-state index in [4.69, 9.17) is 0 Å². The molecule has 0 N–H and O–H groups in total. The summed E-state index contributed by atoms with van der Waals surface area (Å²) in [7, 11) is -7.44. The molecule has 6 nitrogen and oxygen atoms in total. The molecule has 140 valence electrons. The molecule has 0 aliphatic carbocycles. The zero-order chi connectivity index (χ0) is 18.9. The van der Waals surface area contributed by atoms with Crippen molar-refractivity contribution in [2.45, 2.75) is 16.7 Å². The van der Waals surface area contributed by atoms with Crippen LogP contribution in [0.2, 0.25) is 0 Å². The van der Waals surface area contributed by atoms with Crippen molar-refractivity contribution in [3.05, 3.63) is 59.9 Å². The molecule has 1 fully saturated rings. The van der Waals surface area contributed by atoms with Crippen LogP contribution in [-0.2, 0) is 20.0 Å². The third-order valence-corrected chi connectivity index (χ3v) is 8.31. The number of benzene rings is 2. The van der Waals surface area contributed by atoms with Crippen molar-refractivity contribution in [2.75, 3.05) is 26.2 Å². The number of nitrogens with zero attached hydrogens (tertiary/aromatic N) is 2. The highest BCUT2D eigenvalue weighted by molar-refractivity contribution is 7.89. The van der Waals surface area contributed by atoms with E-state index >= 15 is 0 Å². The largest absolute Gasteiger partial charge is 0.243 e. The molecular formula is C17H19FN2O4S2. The molecule has 0 spiro atoms. The number of hydrogen-bond donors (Lipinski definition) is 0. The van der Waals surface area contributed by atoms with Crippen molar-refractivity contribution >= 4 is 20.0 Å². The van der Waals surface area contributed by atoms with E-state index in [0.29, 0.717) is 5.56 Å². The summed E-state index contributed by atoms with van der Waals surface area (Å²) in [6.45, 7) is 1.76. The predicted octanol–water partition coefficient (Wildman–Crippen LogP) is 1.83. The van der Waals surface area contributed by atoms with Crippen molar-refractivity contribution in [3.8, 4) is 0 Å². The second-order valence-electron chi connectivity index (χ2n) is 6.03. The van der Waals surface area contributed by atoms with E-state index in [-0.39, 0.29) is 36.0 Å². The summed E-state index contributed by atoms with van der Waals surface area (Å²) in [6, 6.07) is 11.6. The van der Waals surface area contributed by atoms with Gasteiger partial charge in [-0.15, -0.1) is 0 Å². The Bertz CT molecular complexity index is 1000. The van der Waals surface area contributed by atoms with E-state index in [0.717, 1.165) is 6.07 Å². The molecule has 0 aromatic heterocycles. The molecule has 2 aromatic rings. The molecule has 1 aliphatic heterocycles. The lowest BCUT2D eigenvalue weighted by molar-refractivity contribution is 0.272. The summed E-state index contributed by atoms with van der Waals surface area (Å²) in [5, 5.41) is 0. The fraction of sp³-hybridized carbons (Fsp3) is 0.294. The first-order valence-corrected chi connectivity index (χ1v) is 10.9. The van der Waals surface area contributed by atoms with Gasteiger partial charge in [-0.3, -0.25) is 0 Å². The SMILES string of the molecule is Cc1cc(F)ccc1S(=O)(=O)N1CCN(S(=O)(=O)c2ccccc2)CC1. The molecule has 3 rings (SSSR count). The summed E-state index contributed by atoms with van der Waals surface area (Å²) >= 11 is 0. The van der Waals surface area contributed by atoms with Gasteiger partial charge in [0.25, 0.3) is 0 Å². The molecule has 0 atom stereocenters. The van der Waals surface area contributed by atoms with E-state index in [1.807, 2.05) is 0 Å². The van der Waals surface area contributed by atoms with E-state index in [2.05, 4.69) is 0 Å². The maximum Gasteiger partial charge on any atom is 0.243 e. The molecule has 0 amide bonds. The van der Waals surface area contributed by atoms with Crippen LogP contribution in [-0.4, -0.2) is 51.6 Å². The molecule has 0 bridgehead atoms. The molecule has 1 heterocycles. The Morgan fingerprint density at radius 1 is 0.808 bits per heavy atom. The second kappa shape index (κ2) is 7.07. The van der Waals surface area contributed by atoms with Crippen LogP contribution in [0.25, 0.3) is 0 Å². The average Bonchev–Trinajstić information content (AvgIpc) is 2.62. The fourth-order valence-corrected chi connectivity index (χ4v) is 6.00. The first-order chi connectivity index (χ1) is 12.2. The molecule has 1 aliphatic rings. The number of hydrogen-bond acceptors (Lipinski definition) is 4. The molecule has 0 radical (unpaired) electrons. The Hall–Kier alpha value is -1.81. The van der Waals surface area contributed by atoms with Gasteiger partial charge in [0.1, 0.15) is 5.82 Å². The smallest absolute Gasteiger partial charge is 0.207 e. The van der Waals surface area contributed by atoms with Crippen LogP contribution < -0.4 is 0 Å². The van der Waals surface area contributed by atoms with Crippen molar-refractivity contribution in [1.82, 2.24) is 8.61 Å². The zero-order valence-corrected chi connectivity index (χ0v) is 15.8. The van der Waals surface area contributed by atoms with E-state index in [9.17, 15) is 21.2 Å². The minimum Gasteiger partial charge on any atom is -0.207 e. The van der Waals surface area contributed by atoms with Gasteiger partial charge in [0.05, 0.1) is 9.79 Å². The monoisotopic (exact) mass is 398 g/mol. The Labute approximate surface area is 153 Å². The van der Waals surface area contributed by atoms with Crippen LogP contribution in [0.3, 0.4) is 0 Å². The summed E-state index contributed by atoms with van der Waals surface area (Å²) in [5.74, 6) is -0.500. The third kappa shape index (κ3) is 3.52. The third-order valence-electron chi connectivity index (χ3n) is 4.33.